The van der Waals surface area contributed by atoms with E-state index >= 15 is 0 Å². The van der Waals surface area contributed by atoms with E-state index in [1.165, 1.54) is 19.3 Å². The molecule has 6 nitrogen and oxygen atoms in total. The van der Waals surface area contributed by atoms with Gasteiger partial charge in [0.05, 0.1) is 19.3 Å². The standard InChI is InChI=1S/C25H34N2O4/c1-5-31-25(29)21-16-23(19-10-12-20(30-4)13-11-19)27(18(21)3)15-14-24(28)26-22-9-7-6-8-17(22)2/h10-13,16-17,22H,5-9,14-15H2,1-4H3,(H,26,28)/t17-,22-/m1/s1. The fraction of sp³-hybridized carbons (Fsp3) is 0.520. The molecule has 1 heterocycles. The van der Waals surface area contributed by atoms with Crippen LogP contribution in [-0.2, 0) is 16.1 Å². The highest BCUT2D eigenvalue weighted by Crippen LogP contribution is 2.29. The minimum atomic E-state index is -0.339. The van der Waals surface area contributed by atoms with Gasteiger partial charge in [0, 0.05) is 30.4 Å². The van der Waals surface area contributed by atoms with E-state index in [9.17, 15) is 9.59 Å². The molecule has 31 heavy (non-hydrogen) atoms. The smallest absolute Gasteiger partial charge is 0.339 e. The second kappa shape index (κ2) is 10.5. The number of aromatic nitrogens is 1. The number of amides is 1. The van der Waals surface area contributed by atoms with E-state index < -0.39 is 0 Å². The number of rotatable bonds is 8. The zero-order valence-electron chi connectivity index (χ0n) is 19.1. The van der Waals surface area contributed by atoms with E-state index in [1.807, 2.05) is 41.8 Å². The van der Waals surface area contributed by atoms with Crippen molar-refractivity contribution >= 4 is 11.9 Å². The molecule has 0 bridgehead atoms. The number of ether oxygens (including phenoxy) is 2. The molecule has 1 aromatic heterocycles. The first-order valence-electron chi connectivity index (χ1n) is 11.3. The number of benzene rings is 1. The maximum atomic E-state index is 12.7. The van der Waals surface area contributed by atoms with Gasteiger partial charge >= 0.3 is 5.97 Å². The second-order valence-corrected chi connectivity index (χ2v) is 8.32. The van der Waals surface area contributed by atoms with E-state index in [0.29, 0.717) is 31.1 Å². The largest absolute Gasteiger partial charge is 0.497 e. The molecule has 3 rings (SSSR count). The van der Waals surface area contributed by atoms with Crippen LogP contribution in [0.3, 0.4) is 0 Å². The van der Waals surface area contributed by atoms with Crippen LogP contribution in [0, 0.1) is 12.8 Å². The average Bonchev–Trinajstić information content (AvgIpc) is 3.10. The van der Waals surface area contributed by atoms with Gasteiger partial charge in [-0.05, 0) is 68.5 Å². The van der Waals surface area contributed by atoms with Crippen LogP contribution in [0.4, 0.5) is 0 Å². The van der Waals surface area contributed by atoms with Gasteiger partial charge in [-0.1, -0.05) is 19.8 Å². The van der Waals surface area contributed by atoms with E-state index in [0.717, 1.165) is 29.1 Å². The molecule has 2 atom stereocenters. The van der Waals surface area contributed by atoms with Crippen molar-refractivity contribution in [1.82, 2.24) is 9.88 Å². The van der Waals surface area contributed by atoms with Crippen molar-refractivity contribution in [1.29, 1.82) is 0 Å². The number of nitrogens with zero attached hydrogens (tertiary/aromatic N) is 1. The highest BCUT2D eigenvalue weighted by molar-refractivity contribution is 5.92. The summed E-state index contributed by atoms with van der Waals surface area (Å²) in [6.07, 6.45) is 5.02. The molecule has 1 aliphatic carbocycles. The predicted molar refractivity (Wildman–Crippen MR) is 121 cm³/mol. The van der Waals surface area contributed by atoms with E-state index in [1.54, 1.807) is 14.0 Å². The Hall–Kier alpha value is -2.76. The lowest BCUT2D eigenvalue weighted by molar-refractivity contribution is -0.122. The molecular formula is C25H34N2O4. The van der Waals surface area contributed by atoms with Crippen molar-refractivity contribution in [3.05, 3.63) is 41.6 Å². The summed E-state index contributed by atoms with van der Waals surface area (Å²) in [5, 5.41) is 3.22. The van der Waals surface area contributed by atoms with Crippen LogP contribution in [0.25, 0.3) is 11.3 Å². The Kier molecular flexibility index (Phi) is 7.77. The zero-order chi connectivity index (χ0) is 22.4. The fourth-order valence-electron chi connectivity index (χ4n) is 4.37. The fourth-order valence-corrected chi connectivity index (χ4v) is 4.37. The number of carbonyl (C=O) groups excluding carboxylic acids is 2. The summed E-state index contributed by atoms with van der Waals surface area (Å²) in [6.45, 7) is 6.74. The van der Waals surface area contributed by atoms with Gasteiger partial charge in [-0.2, -0.15) is 0 Å². The van der Waals surface area contributed by atoms with Gasteiger partial charge in [-0.3, -0.25) is 4.79 Å². The summed E-state index contributed by atoms with van der Waals surface area (Å²) < 4.78 is 12.5. The maximum absolute atomic E-state index is 12.7. The normalized spacial score (nSPS) is 18.5. The average molecular weight is 427 g/mol. The number of esters is 1. The van der Waals surface area contributed by atoms with Gasteiger partial charge in [-0.25, -0.2) is 4.79 Å². The summed E-state index contributed by atoms with van der Waals surface area (Å²) >= 11 is 0. The van der Waals surface area contributed by atoms with Gasteiger partial charge in [0.25, 0.3) is 0 Å². The highest BCUT2D eigenvalue weighted by Gasteiger charge is 2.24. The predicted octanol–water partition coefficient (Wildman–Crippen LogP) is 4.73. The molecule has 0 radical (unpaired) electrons. The minimum absolute atomic E-state index is 0.0604. The molecule has 0 spiro atoms. The Morgan fingerprint density at radius 2 is 1.87 bits per heavy atom. The Bertz CT molecular complexity index is 901. The van der Waals surface area contributed by atoms with Crippen LogP contribution in [0.15, 0.2) is 30.3 Å². The van der Waals surface area contributed by atoms with E-state index in [4.69, 9.17) is 9.47 Å². The molecule has 1 fully saturated rings. The van der Waals surface area contributed by atoms with Crippen LogP contribution >= 0.6 is 0 Å². The van der Waals surface area contributed by atoms with Crippen LogP contribution in [0.1, 0.15) is 62.0 Å². The Morgan fingerprint density at radius 3 is 2.52 bits per heavy atom. The van der Waals surface area contributed by atoms with Crippen molar-refractivity contribution in [2.45, 2.75) is 65.5 Å². The van der Waals surface area contributed by atoms with Crippen molar-refractivity contribution in [2.24, 2.45) is 5.92 Å². The van der Waals surface area contributed by atoms with Crippen LogP contribution in [0.5, 0.6) is 5.75 Å². The molecule has 1 saturated carbocycles. The van der Waals surface area contributed by atoms with Gasteiger partial charge in [0.15, 0.2) is 0 Å². The first kappa shape index (κ1) is 22.9. The summed E-state index contributed by atoms with van der Waals surface area (Å²) in [5.74, 6) is 1.01. The molecule has 1 N–H and O–H groups in total. The molecule has 1 amide bonds. The Morgan fingerprint density at radius 1 is 1.16 bits per heavy atom. The zero-order valence-corrected chi connectivity index (χ0v) is 19.1. The van der Waals surface area contributed by atoms with E-state index in [-0.39, 0.29) is 17.9 Å². The molecule has 0 unspecified atom stereocenters. The van der Waals surface area contributed by atoms with Crippen LogP contribution in [-0.4, -0.2) is 36.2 Å². The van der Waals surface area contributed by atoms with Crippen LogP contribution < -0.4 is 10.1 Å². The lowest BCUT2D eigenvalue weighted by Gasteiger charge is -2.29. The number of hydrogen-bond donors (Lipinski definition) is 1. The molecular weight excluding hydrogens is 392 g/mol. The van der Waals surface area contributed by atoms with Gasteiger partial charge in [0.2, 0.25) is 5.91 Å². The number of carbonyl (C=O) groups is 2. The highest BCUT2D eigenvalue weighted by atomic mass is 16.5. The molecule has 1 aliphatic rings. The summed E-state index contributed by atoms with van der Waals surface area (Å²) in [5.41, 5.74) is 3.19. The molecule has 6 heteroatoms. The molecule has 0 aliphatic heterocycles. The Labute approximate surface area is 184 Å². The van der Waals surface area contributed by atoms with Crippen molar-refractivity contribution in [2.75, 3.05) is 13.7 Å². The first-order valence-corrected chi connectivity index (χ1v) is 11.3. The topological polar surface area (TPSA) is 69.6 Å². The monoisotopic (exact) mass is 426 g/mol. The number of methoxy groups -OCH3 is 1. The number of nitrogens with one attached hydrogen (secondary N) is 1. The van der Waals surface area contributed by atoms with Crippen molar-refractivity contribution < 1.29 is 19.1 Å². The molecule has 2 aromatic rings. The van der Waals surface area contributed by atoms with Gasteiger partial charge in [0.1, 0.15) is 5.75 Å². The first-order chi connectivity index (χ1) is 14.9. The molecule has 0 saturated heterocycles. The minimum Gasteiger partial charge on any atom is -0.497 e. The quantitative estimate of drug-likeness (QED) is 0.620. The summed E-state index contributed by atoms with van der Waals surface area (Å²) in [4.78, 5) is 25.1. The molecule has 168 valence electrons. The third-order valence-electron chi connectivity index (χ3n) is 6.27. The van der Waals surface area contributed by atoms with Gasteiger partial charge in [-0.15, -0.1) is 0 Å². The third-order valence-corrected chi connectivity index (χ3v) is 6.27. The summed E-state index contributed by atoms with van der Waals surface area (Å²) in [6, 6.07) is 9.83. The second-order valence-electron chi connectivity index (χ2n) is 8.32. The third kappa shape index (κ3) is 5.49. The van der Waals surface area contributed by atoms with E-state index in [2.05, 4.69) is 12.2 Å². The summed E-state index contributed by atoms with van der Waals surface area (Å²) in [7, 11) is 1.63. The molecule has 1 aromatic carbocycles. The van der Waals surface area contributed by atoms with Gasteiger partial charge < -0.3 is 19.4 Å². The van der Waals surface area contributed by atoms with Crippen molar-refractivity contribution in [3.8, 4) is 17.0 Å². The lowest BCUT2D eigenvalue weighted by Crippen LogP contribution is -2.41. The Balaban J connectivity index is 1.81. The van der Waals surface area contributed by atoms with Crippen molar-refractivity contribution in [3.63, 3.8) is 0 Å². The lowest BCUT2D eigenvalue weighted by atomic mass is 9.86. The van der Waals surface area contributed by atoms with Crippen LogP contribution in [0.2, 0.25) is 0 Å². The SMILES string of the molecule is CCOC(=O)c1cc(-c2ccc(OC)cc2)n(CCC(=O)N[C@@H]2CCCC[C@H]2C)c1C. The maximum Gasteiger partial charge on any atom is 0.339 e. The number of hydrogen-bond acceptors (Lipinski definition) is 4.